The van der Waals surface area contributed by atoms with Crippen LogP contribution >= 0.6 is 0 Å². The molecule has 1 fully saturated rings. The number of aliphatic hydroxyl groups excluding tert-OH is 1. The number of aryl methyl sites for hydroxylation is 1. The lowest BCUT2D eigenvalue weighted by molar-refractivity contribution is -0.115. The van der Waals surface area contributed by atoms with Crippen molar-refractivity contribution in [2.24, 2.45) is 0 Å². The zero-order chi connectivity index (χ0) is 26.0. The van der Waals surface area contributed by atoms with Gasteiger partial charge in [-0.3, -0.25) is 9.59 Å². The van der Waals surface area contributed by atoms with Gasteiger partial charge in [-0.25, -0.2) is 0 Å². The van der Waals surface area contributed by atoms with Crippen LogP contribution in [-0.4, -0.2) is 30.1 Å². The minimum atomic E-state index is -3.35. The summed E-state index contributed by atoms with van der Waals surface area (Å²) >= 11 is 0. The van der Waals surface area contributed by atoms with Crippen molar-refractivity contribution in [3.8, 4) is 0 Å². The maximum atomic E-state index is 13.9. The molecule has 7 heteroatoms. The fourth-order valence-electron chi connectivity index (χ4n) is 4.18. The Morgan fingerprint density at radius 2 is 1.69 bits per heavy atom. The topological polar surface area (TPSA) is 69.6 Å². The normalized spacial score (nSPS) is 14.3. The Bertz CT molecular complexity index is 1250. The molecule has 5 nitrogen and oxygen atoms in total. The van der Waals surface area contributed by atoms with Gasteiger partial charge in [0.05, 0.1) is 6.42 Å². The summed E-state index contributed by atoms with van der Waals surface area (Å²) in [6, 6.07) is 18.2. The molecule has 0 aliphatic heterocycles. The summed E-state index contributed by atoms with van der Waals surface area (Å²) in [5, 5.41) is 12.0. The summed E-state index contributed by atoms with van der Waals surface area (Å²) in [4.78, 5) is 27.2. The van der Waals surface area contributed by atoms with E-state index in [-0.39, 0.29) is 23.8 Å². The number of carbonyl (C=O) groups is 2. The minimum absolute atomic E-state index is 0.00131. The number of halogens is 2. The van der Waals surface area contributed by atoms with Crippen LogP contribution in [0.2, 0.25) is 0 Å². The minimum Gasteiger partial charge on any atom is -0.387 e. The molecule has 4 rings (SSSR count). The number of benzene rings is 3. The number of rotatable bonds is 8. The quantitative estimate of drug-likeness (QED) is 0.417. The molecule has 0 spiro atoms. The van der Waals surface area contributed by atoms with Crippen molar-refractivity contribution in [2.45, 2.75) is 51.1 Å². The number of aliphatic hydroxyl groups is 1. The third kappa shape index (κ3) is 5.62. The first-order chi connectivity index (χ1) is 17.1. The molecule has 0 bridgehead atoms. The number of alkyl halides is 2. The summed E-state index contributed by atoms with van der Waals surface area (Å²) < 4.78 is 27.8. The molecule has 0 aromatic heterocycles. The Kier molecular flexibility index (Phi) is 7.22. The van der Waals surface area contributed by atoms with E-state index < -0.39 is 12.0 Å². The molecule has 188 valence electrons. The molecule has 3 aromatic rings. The van der Waals surface area contributed by atoms with Crippen LogP contribution in [-0.2, 0) is 17.1 Å². The van der Waals surface area contributed by atoms with E-state index in [9.17, 15) is 23.5 Å². The van der Waals surface area contributed by atoms with Gasteiger partial charge in [0.25, 0.3) is 11.8 Å². The number of hydrogen-bond donors (Lipinski definition) is 2. The third-order valence-corrected chi connectivity index (χ3v) is 6.51. The fourth-order valence-corrected chi connectivity index (χ4v) is 4.18. The predicted molar refractivity (Wildman–Crippen MR) is 137 cm³/mol. The van der Waals surface area contributed by atoms with E-state index in [0.717, 1.165) is 25.5 Å². The molecule has 2 N–H and O–H groups in total. The van der Waals surface area contributed by atoms with Gasteiger partial charge in [-0.15, -0.1) is 0 Å². The van der Waals surface area contributed by atoms with Crippen molar-refractivity contribution >= 4 is 23.2 Å². The van der Waals surface area contributed by atoms with E-state index in [2.05, 4.69) is 18.3 Å². The van der Waals surface area contributed by atoms with Crippen molar-refractivity contribution in [2.75, 3.05) is 17.3 Å². The number of nitrogens with zero attached hydrogens (tertiary/aromatic N) is 1. The number of amides is 2. The van der Waals surface area contributed by atoms with Gasteiger partial charge in [0.1, 0.15) is 6.10 Å². The van der Waals surface area contributed by atoms with E-state index in [0.29, 0.717) is 22.7 Å². The van der Waals surface area contributed by atoms with Crippen LogP contribution in [0.1, 0.15) is 58.3 Å². The van der Waals surface area contributed by atoms with Gasteiger partial charge in [-0.1, -0.05) is 42.0 Å². The Labute approximate surface area is 209 Å². The highest BCUT2D eigenvalue weighted by atomic mass is 19.3. The van der Waals surface area contributed by atoms with Gasteiger partial charge in [-0.2, -0.15) is 8.78 Å². The Morgan fingerprint density at radius 1 is 1.06 bits per heavy atom. The molecule has 1 aliphatic carbocycles. The monoisotopic (exact) mass is 492 g/mol. The molecule has 2 amide bonds. The number of carbonyl (C=O) groups excluding carboxylic acids is 2. The molecule has 1 unspecified atom stereocenters. The lowest BCUT2D eigenvalue weighted by Crippen LogP contribution is -2.28. The van der Waals surface area contributed by atoms with Crippen LogP contribution in [0.5, 0.6) is 0 Å². The highest BCUT2D eigenvalue weighted by Gasteiger charge is 2.37. The first-order valence-electron chi connectivity index (χ1n) is 12.0. The largest absolute Gasteiger partial charge is 0.387 e. The second-order valence-electron chi connectivity index (χ2n) is 9.50. The Hall–Kier alpha value is -3.58. The zero-order valence-electron chi connectivity index (χ0n) is 20.6. The zero-order valence-corrected chi connectivity index (χ0v) is 20.6. The van der Waals surface area contributed by atoms with Crippen molar-refractivity contribution in [1.29, 1.82) is 0 Å². The average Bonchev–Trinajstić information content (AvgIpc) is 3.69. The molecule has 0 radical (unpaired) electrons. The molecule has 1 atom stereocenters. The summed E-state index contributed by atoms with van der Waals surface area (Å²) in [7, 11) is 1.77. The SMILES string of the molecule is Cc1ccc(N(C)C(=O)c2ccc(NC(=O)Cc3ccc(C(F)(F)C(C)O)cc3)cc2)c(C2CC2)c1. The summed E-state index contributed by atoms with van der Waals surface area (Å²) in [6.07, 6.45) is 0.483. The van der Waals surface area contributed by atoms with Crippen LogP contribution in [0.3, 0.4) is 0 Å². The van der Waals surface area contributed by atoms with Crippen LogP contribution in [0.15, 0.2) is 66.7 Å². The Morgan fingerprint density at radius 3 is 2.28 bits per heavy atom. The van der Waals surface area contributed by atoms with Crippen molar-refractivity contribution in [3.05, 3.63) is 94.5 Å². The van der Waals surface area contributed by atoms with Crippen LogP contribution < -0.4 is 10.2 Å². The fraction of sp³-hybridized carbons (Fsp3) is 0.310. The standard InChI is InChI=1S/C29H30F2N2O3/c1-18-4-15-26(25(16-18)21-7-8-21)33(3)28(36)22-9-13-24(14-10-22)32-27(35)17-20-5-11-23(12-6-20)29(30,31)19(2)34/h4-6,9-16,19,21,34H,7-8,17H2,1-3H3,(H,32,35). The maximum Gasteiger partial charge on any atom is 0.298 e. The van der Waals surface area contributed by atoms with Gasteiger partial charge in [0, 0.05) is 29.5 Å². The van der Waals surface area contributed by atoms with E-state index in [1.165, 1.54) is 35.4 Å². The maximum absolute atomic E-state index is 13.9. The Balaban J connectivity index is 1.38. The molecule has 36 heavy (non-hydrogen) atoms. The van der Waals surface area contributed by atoms with Crippen molar-refractivity contribution in [1.82, 2.24) is 0 Å². The second kappa shape index (κ2) is 10.2. The van der Waals surface area contributed by atoms with Gasteiger partial charge >= 0.3 is 0 Å². The summed E-state index contributed by atoms with van der Waals surface area (Å²) in [5.41, 5.74) is 4.60. The lowest BCUT2D eigenvalue weighted by Gasteiger charge is -2.21. The highest BCUT2D eigenvalue weighted by Crippen LogP contribution is 2.44. The van der Waals surface area contributed by atoms with Crippen molar-refractivity contribution in [3.63, 3.8) is 0 Å². The van der Waals surface area contributed by atoms with Gasteiger partial charge in [-0.05, 0) is 74.1 Å². The first kappa shape index (κ1) is 25.5. The molecule has 0 saturated heterocycles. The van der Waals surface area contributed by atoms with Crippen molar-refractivity contribution < 1.29 is 23.5 Å². The average molecular weight is 493 g/mol. The molecule has 0 heterocycles. The van der Waals surface area contributed by atoms with Crippen LogP contribution in [0.4, 0.5) is 20.2 Å². The highest BCUT2D eigenvalue weighted by molar-refractivity contribution is 6.06. The summed E-state index contributed by atoms with van der Waals surface area (Å²) in [5.74, 6) is -3.28. The van der Waals surface area contributed by atoms with Gasteiger partial charge in [0.2, 0.25) is 5.91 Å². The smallest absolute Gasteiger partial charge is 0.298 e. The van der Waals surface area contributed by atoms with Crippen LogP contribution in [0.25, 0.3) is 0 Å². The molecule has 3 aromatic carbocycles. The number of nitrogens with one attached hydrogen (secondary N) is 1. The van der Waals surface area contributed by atoms with E-state index in [1.54, 1.807) is 36.2 Å². The molecule has 1 aliphatic rings. The van der Waals surface area contributed by atoms with Crippen LogP contribution in [0, 0.1) is 6.92 Å². The van der Waals surface area contributed by atoms with E-state index >= 15 is 0 Å². The molecule has 1 saturated carbocycles. The predicted octanol–water partition coefficient (Wildman–Crippen LogP) is 5.80. The number of anilines is 2. The third-order valence-electron chi connectivity index (χ3n) is 6.51. The van der Waals surface area contributed by atoms with Gasteiger partial charge < -0.3 is 15.3 Å². The second-order valence-corrected chi connectivity index (χ2v) is 9.50. The summed E-state index contributed by atoms with van der Waals surface area (Å²) in [6.45, 7) is 3.09. The van der Waals surface area contributed by atoms with E-state index in [4.69, 9.17) is 0 Å². The van der Waals surface area contributed by atoms with E-state index in [1.807, 2.05) is 12.1 Å². The molecular formula is C29H30F2N2O3. The van der Waals surface area contributed by atoms with Gasteiger partial charge in [0.15, 0.2) is 0 Å². The lowest BCUT2D eigenvalue weighted by atomic mass is 10.0. The number of hydrogen-bond acceptors (Lipinski definition) is 3. The first-order valence-corrected chi connectivity index (χ1v) is 12.0. The molecular weight excluding hydrogens is 462 g/mol.